The Morgan fingerprint density at radius 3 is 2.14 bits per heavy atom. The SMILES string of the molecule is OC(c1ccccc1)C1CN(c2ccc(F)cc2)CCC1(O)c1ccccc1. The van der Waals surface area contributed by atoms with Gasteiger partial charge in [-0.2, -0.15) is 0 Å². The maximum Gasteiger partial charge on any atom is 0.123 e. The number of nitrogens with zero attached hydrogens (tertiary/aromatic N) is 1. The van der Waals surface area contributed by atoms with E-state index in [0.29, 0.717) is 19.5 Å². The van der Waals surface area contributed by atoms with Crippen LogP contribution in [0.4, 0.5) is 10.1 Å². The summed E-state index contributed by atoms with van der Waals surface area (Å²) >= 11 is 0. The summed E-state index contributed by atoms with van der Waals surface area (Å²) in [4.78, 5) is 2.10. The number of aliphatic hydroxyl groups is 2. The first kappa shape index (κ1) is 18.7. The largest absolute Gasteiger partial charge is 0.388 e. The van der Waals surface area contributed by atoms with Crippen molar-refractivity contribution in [2.45, 2.75) is 18.1 Å². The summed E-state index contributed by atoms with van der Waals surface area (Å²) in [6.45, 7) is 1.09. The maximum atomic E-state index is 13.3. The van der Waals surface area contributed by atoms with Crippen LogP contribution in [0.15, 0.2) is 84.9 Å². The average molecular weight is 377 g/mol. The van der Waals surface area contributed by atoms with Crippen LogP contribution in [0.5, 0.6) is 0 Å². The molecule has 4 rings (SSSR count). The standard InChI is InChI=1S/C24H24FNO2/c25-20-11-13-21(14-12-20)26-16-15-24(28,19-9-5-2-6-10-19)22(17-26)23(27)18-7-3-1-4-8-18/h1-14,22-23,27-28H,15-17H2. The minimum absolute atomic E-state index is 0.276. The summed E-state index contributed by atoms with van der Waals surface area (Å²) in [7, 11) is 0. The van der Waals surface area contributed by atoms with E-state index < -0.39 is 17.6 Å². The number of anilines is 1. The van der Waals surface area contributed by atoms with E-state index in [-0.39, 0.29) is 5.82 Å². The number of hydrogen-bond donors (Lipinski definition) is 2. The zero-order valence-corrected chi connectivity index (χ0v) is 15.6. The normalized spacial score (nSPS) is 23.4. The molecule has 0 radical (unpaired) electrons. The van der Waals surface area contributed by atoms with Crippen molar-refractivity contribution in [2.24, 2.45) is 5.92 Å². The van der Waals surface area contributed by atoms with E-state index in [1.165, 1.54) is 12.1 Å². The van der Waals surface area contributed by atoms with Crippen LogP contribution >= 0.6 is 0 Å². The molecule has 4 heteroatoms. The minimum Gasteiger partial charge on any atom is -0.388 e. The van der Waals surface area contributed by atoms with Gasteiger partial charge in [-0.3, -0.25) is 0 Å². The van der Waals surface area contributed by atoms with Crippen LogP contribution in [0.1, 0.15) is 23.7 Å². The second kappa shape index (κ2) is 7.74. The summed E-state index contributed by atoms with van der Waals surface area (Å²) in [6.07, 6.45) is -0.349. The zero-order chi connectivity index (χ0) is 19.6. The predicted octanol–water partition coefficient (Wildman–Crippen LogP) is 4.27. The third kappa shape index (κ3) is 3.53. The van der Waals surface area contributed by atoms with E-state index in [2.05, 4.69) is 4.90 Å². The number of aliphatic hydroxyl groups excluding tert-OH is 1. The Bertz CT molecular complexity index is 901. The number of rotatable bonds is 4. The van der Waals surface area contributed by atoms with Crippen molar-refractivity contribution in [3.8, 4) is 0 Å². The lowest BCUT2D eigenvalue weighted by Gasteiger charge is -2.47. The monoisotopic (exact) mass is 377 g/mol. The Morgan fingerprint density at radius 1 is 0.893 bits per heavy atom. The summed E-state index contributed by atoms with van der Waals surface area (Å²) in [5.41, 5.74) is 1.34. The summed E-state index contributed by atoms with van der Waals surface area (Å²) in [5, 5.41) is 22.9. The third-order valence-corrected chi connectivity index (χ3v) is 5.78. The second-order valence-electron chi connectivity index (χ2n) is 7.42. The van der Waals surface area contributed by atoms with Crippen molar-refractivity contribution < 1.29 is 14.6 Å². The van der Waals surface area contributed by atoms with Gasteiger partial charge in [-0.25, -0.2) is 4.39 Å². The van der Waals surface area contributed by atoms with Crippen LogP contribution in [0.2, 0.25) is 0 Å². The fourth-order valence-corrected chi connectivity index (χ4v) is 4.19. The Morgan fingerprint density at radius 2 is 1.50 bits per heavy atom. The molecule has 3 atom stereocenters. The van der Waals surface area contributed by atoms with Crippen LogP contribution in [0.25, 0.3) is 0 Å². The lowest BCUT2D eigenvalue weighted by atomic mass is 9.72. The molecule has 0 bridgehead atoms. The van der Waals surface area contributed by atoms with Gasteiger partial charge in [-0.1, -0.05) is 60.7 Å². The lowest BCUT2D eigenvalue weighted by Crippen LogP contribution is -2.52. The van der Waals surface area contributed by atoms with Gasteiger partial charge in [0.1, 0.15) is 5.82 Å². The van der Waals surface area contributed by atoms with Crippen LogP contribution in [-0.4, -0.2) is 23.3 Å². The highest BCUT2D eigenvalue weighted by atomic mass is 19.1. The molecule has 1 saturated heterocycles. The summed E-state index contributed by atoms with van der Waals surface area (Å²) in [6, 6.07) is 25.4. The first-order valence-electron chi connectivity index (χ1n) is 9.59. The van der Waals surface area contributed by atoms with Gasteiger partial charge in [0.05, 0.1) is 11.7 Å². The van der Waals surface area contributed by atoms with Crippen molar-refractivity contribution in [2.75, 3.05) is 18.0 Å². The van der Waals surface area contributed by atoms with Crippen LogP contribution in [-0.2, 0) is 5.60 Å². The molecule has 1 fully saturated rings. The van der Waals surface area contributed by atoms with E-state index >= 15 is 0 Å². The summed E-state index contributed by atoms with van der Waals surface area (Å²) in [5.74, 6) is -0.710. The van der Waals surface area contributed by atoms with Gasteiger partial charge in [-0.05, 0) is 41.8 Å². The van der Waals surface area contributed by atoms with Gasteiger partial charge in [0.25, 0.3) is 0 Å². The number of piperidine rings is 1. The van der Waals surface area contributed by atoms with Gasteiger partial charge in [0.2, 0.25) is 0 Å². The molecule has 0 saturated carbocycles. The smallest absolute Gasteiger partial charge is 0.123 e. The van der Waals surface area contributed by atoms with E-state index in [1.807, 2.05) is 60.7 Å². The molecule has 3 unspecified atom stereocenters. The number of benzene rings is 3. The lowest BCUT2D eigenvalue weighted by molar-refractivity contribution is -0.0904. The first-order valence-corrected chi connectivity index (χ1v) is 9.59. The molecule has 0 aliphatic carbocycles. The van der Waals surface area contributed by atoms with Crippen molar-refractivity contribution in [3.63, 3.8) is 0 Å². The van der Waals surface area contributed by atoms with E-state index in [4.69, 9.17) is 0 Å². The molecule has 1 aliphatic heterocycles. The Balaban J connectivity index is 1.70. The maximum absolute atomic E-state index is 13.3. The average Bonchev–Trinajstić information content (AvgIpc) is 2.75. The molecule has 2 N–H and O–H groups in total. The highest BCUT2D eigenvalue weighted by Gasteiger charge is 2.46. The molecule has 144 valence electrons. The first-order chi connectivity index (χ1) is 13.6. The van der Waals surface area contributed by atoms with Gasteiger partial charge in [-0.15, -0.1) is 0 Å². The molecule has 1 heterocycles. The quantitative estimate of drug-likeness (QED) is 0.714. The zero-order valence-electron chi connectivity index (χ0n) is 15.6. The molecule has 0 spiro atoms. The molecule has 28 heavy (non-hydrogen) atoms. The third-order valence-electron chi connectivity index (χ3n) is 5.78. The molecule has 3 nitrogen and oxygen atoms in total. The topological polar surface area (TPSA) is 43.7 Å². The molecule has 1 aliphatic rings. The second-order valence-corrected chi connectivity index (χ2v) is 7.42. The Labute approximate surface area is 164 Å². The van der Waals surface area contributed by atoms with Crippen LogP contribution in [0, 0.1) is 11.7 Å². The van der Waals surface area contributed by atoms with Crippen LogP contribution in [0.3, 0.4) is 0 Å². The molecule has 0 amide bonds. The fourth-order valence-electron chi connectivity index (χ4n) is 4.19. The molecular formula is C24H24FNO2. The predicted molar refractivity (Wildman–Crippen MR) is 108 cm³/mol. The highest BCUT2D eigenvalue weighted by molar-refractivity contribution is 5.48. The van der Waals surface area contributed by atoms with Crippen molar-refractivity contribution in [1.29, 1.82) is 0 Å². The van der Waals surface area contributed by atoms with E-state index in [1.54, 1.807) is 12.1 Å². The van der Waals surface area contributed by atoms with Gasteiger partial charge < -0.3 is 15.1 Å². The van der Waals surface area contributed by atoms with E-state index in [0.717, 1.165) is 16.8 Å². The number of halogens is 1. The van der Waals surface area contributed by atoms with Crippen molar-refractivity contribution in [1.82, 2.24) is 0 Å². The summed E-state index contributed by atoms with van der Waals surface area (Å²) < 4.78 is 13.3. The van der Waals surface area contributed by atoms with Gasteiger partial charge in [0, 0.05) is 24.7 Å². The Hall–Kier alpha value is -2.69. The Kier molecular flexibility index (Phi) is 5.16. The number of hydrogen-bond acceptors (Lipinski definition) is 3. The van der Waals surface area contributed by atoms with E-state index in [9.17, 15) is 14.6 Å². The van der Waals surface area contributed by atoms with Gasteiger partial charge in [0.15, 0.2) is 0 Å². The van der Waals surface area contributed by atoms with Crippen molar-refractivity contribution >= 4 is 5.69 Å². The highest BCUT2D eigenvalue weighted by Crippen LogP contribution is 2.44. The van der Waals surface area contributed by atoms with Crippen LogP contribution < -0.4 is 4.90 Å². The van der Waals surface area contributed by atoms with Crippen molar-refractivity contribution in [3.05, 3.63) is 102 Å². The molecule has 3 aromatic rings. The van der Waals surface area contributed by atoms with Gasteiger partial charge >= 0.3 is 0 Å². The molecule has 0 aromatic heterocycles. The fraction of sp³-hybridized carbons (Fsp3) is 0.250. The molecular weight excluding hydrogens is 353 g/mol. The molecule has 3 aromatic carbocycles. The minimum atomic E-state index is -1.15.